The minimum atomic E-state index is -0.445. The molecule has 1 aromatic heterocycles. The lowest BCUT2D eigenvalue weighted by Gasteiger charge is -1.95. The van der Waals surface area contributed by atoms with Gasteiger partial charge in [0.15, 0.2) is 10.9 Å². The van der Waals surface area contributed by atoms with Gasteiger partial charge in [0.2, 0.25) is 5.89 Å². The number of rotatable bonds is 3. The fraction of sp³-hybridized carbons (Fsp3) is 0.250. The van der Waals surface area contributed by atoms with Crippen molar-refractivity contribution < 1.29 is 9.34 Å². The van der Waals surface area contributed by atoms with Gasteiger partial charge in [-0.15, -0.1) is 0 Å². The molecule has 0 aliphatic carbocycles. The summed E-state index contributed by atoms with van der Waals surface area (Å²) in [7, 11) is 0. The number of allylic oxidation sites excluding steroid dienone is 2. The second-order valence-electron chi connectivity index (χ2n) is 4.40. The van der Waals surface area contributed by atoms with Crippen molar-refractivity contribution in [2.45, 2.75) is 20.3 Å². The minimum absolute atomic E-state index is 0.00264. The number of aromatic nitrogens is 1. The maximum Gasteiger partial charge on any atom is 0.270 e. The zero-order valence-corrected chi connectivity index (χ0v) is 14.4. The molecule has 1 aliphatic heterocycles. The maximum atomic E-state index is 10.8. The quantitative estimate of drug-likeness (QED) is 0.466. The van der Waals surface area contributed by atoms with Crippen molar-refractivity contribution in [1.29, 1.82) is 0 Å². The number of hydrogen-bond donors (Lipinski definition) is 0. The third-order valence-electron chi connectivity index (χ3n) is 2.98. The SMILES string of the molecule is CC.O=[N+]([O-])c1cccc(-c2nc3c(o2)=CCC=C(CBr)N=3)c1. The summed E-state index contributed by atoms with van der Waals surface area (Å²) in [6.45, 7) is 4.00. The van der Waals surface area contributed by atoms with E-state index >= 15 is 0 Å². The molecule has 0 fully saturated rings. The molecule has 2 aromatic rings. The summed E-state index contributed by atoms with van der Waals surface area (Å²) >= 11 is 3.37. The highest BCUT2D eigenvalue weighted by Crippen LogP contribution is 2.20. The Kier molecular flexibility index (Phi) is 5.81. The van der Waals surface area contributed by atoms with Gasteiger partial charge in [-0.05, 0) is 18.6 Å². The predicted octanol–water partition coefficient (Wildman–Crippen LogP) is 3.36. The monoisotopic (exact) mass is 377 g/mol. The van der Waals surface area contributed by atoms with Gasteiger partial charge < -0.3 is 4.42 Å². The van der Waals surface area contributed by atoms with E-state index in [2.05, 4.69) is 25.9 Å². The minimum Gasteiger partial charge on any atom is -0.435 e. The Balaban J connectivity index is 0.000000924. The Hall–Kier alpha value is -2.28. The number of alkyl halides is 1. The van der Waals surface area contributed by atoms with Gasteiger partial charge in [-0.25, -0.2) is 4.99 Å². The van der Waals surface area contributed by atoms with Gasteiger partial charge in [-0.2, -0.15) is 4.98 Å². The number of fused-ring (bicyclic) bond motifs is 1. The third-order valence-corrected chi connectivity index (χ3v) is 3.56. The number of oxazole rings is 1. The molecule has 1 aromatic carbocycles. The zero-order valence-electron chi connectivity index (χ0n) is 12.8. The summed E-state index contributed by atoms with van der Waals surface area (Å²) in [5, 5.41) is 11.5. The summed E-state index contributed by atoms with van der Waals surface area (Å²) < 4.78 is 5.67. The highest BCUT2D eigenvalue weighted by atomic mass is 79.9. The smallest absolute Gasteiger partial charge is 0.270 e. The summed E-state index contributed by atoms with van der Waals surface area (Å²) in [6, 6.07) is 6.19. The number of hydrogen-bond acceptors (Lipinski definition) is 5. The molecule has 7 heteroatoms. The van der Waals surface area contributed by atoms with Crippen LogP contribution in [0.15, 0.2) is 45.4 Å². The second-order valence-corrected chi connectivity index (χ2v) is 4.96. The molecular weight excluding hydrogens is 362 g/mol. The van der Waals surface area contributed by atoms with E-state index in [0.29, 0.717) is 34.1 Å². The standard InChI is InChI=1S/C14H10BrN3O3.C2H6/c15-8-10-4-2-6-12-13(16-10)17-14(21-12)9-3-1-5-11(7-9)18(19)20;1-2/h1,3-7H,2,8H2;1-2H3. The number of nitro benzene ring substituents is 1. The molecule has 0 saturated carbocycles. The average Bonchev–Trinajstić information content (AvgIpc) is 2.89. The fourth-order valence-corrected chi connectivity index (χ4v) is 2.34. The third kappa shape index (κ3) is 3.92. The molecule has 0 atom stereocenters. The van der Waals surface area contributed by atoms with Crippen LogP contribution in [0, 0.1) is 10.1 Å². The molecule has 6 nitrogen and oxygen atoms in total. The molecule has 0 unspecified atom stereocenters. The van der Waals surface area contributed by atoms with E-state index < -0.39 is 4.92 Å². The number of nitro groups is 1. The van der Waals surface area contributed by atoms with Crippen LogP contribution >= 0.6 is 15.9 Å². The predicted molar refractivity (Wildman–Crippen MR) is 91.7 cm³/mol. The van der Waals surface area contributed by atoms with Gasteiger partial charge >= 0.3 is 0 Å². The molecule has 0 N–H and O–H groups in total. The number of nitrogens with zero attached hydrogens (tertiary/aromatic N) is 3. The van der Waals surface area contributed by atoms with Crippen molar-refractivity contribution >= 4 is 27.7 Å². The van der Waals surface area contributed by atoms with Gasteiger partial charge in [0, 0.05) is 28.7 Å². The van der Waals surface area contributed by atoms with Crippen LogP contribution in [0.1, 0.15) is 20.3 Å². The molecule has 2 heterocycles. The van der Waals surface area contributed by atoms with Crippen molar-refractivity contribution in [2.75, 3.05) is 5.33 Å². The second kappa shape index (κ2) is 7.82. The number of benzene rings is 1. The largest absolute Gasteiger partial charge is 0.435 e. The molecular formula is C16H16BrN3O3. The zero-order chi connectivity index (χ0) is 16.8. The van der Waals surface area contributed by atoms with Crippen LogP contribution in [0.2, 0.25) is 0 Å². The first-order valence-corrected chi connectivity index (χ1v) is 8.35. The van der Waals surface area contributed by atoms with Crippen molar-refractivity contribution in [2.24, 2.45) is 4.99 Å². The Morgan fingerprint density at radius 2 is 2.13 bits per heavy atom. The van der Waals surface area contributed by atoms with Crippen molar-refractivity contribution in [3.05, 3.63) is 57.1 Å². The molecule has 0 radical (unpaired) electrons. The van der Waals surface area contributed by atoms with Crippen LogP contribution in [0.3, 0.4) is 0 Å². The van der Waals surface area contributed by atoms with Crippen LogP contribution in [0.5, 0.6) is 0 Å². The maximum absolute atomic E-state index is 10.8. The summed E-state index contributed by atoms with van der Waals surface area (Å²) in [5.41, 5.74) is 2.53. The van der Waals surface area contributed by atoms with Crippen molar-refractivity contribution in [3.8, 4) is 11.5 Å². The van der Waals surface area contributed by atoms with Gasteiger partial charge in [0.05, 0.1) is 4.92 Å². The molecule has 23 heavy (non-hydrogen) atoms. The van der Waals surface area contributed by atoms with Gasteiger partial charge in [0.1, 0.15) is 0 Å². The average molecular weight is 378 g/mol. The van der Waals surface area contributed by atoms with E-state index in [-0.39, 0.29) is 5.69 Å². The molecule has 1 aliphatic rings. The molecule has 3 rings (SSSR count). The Labute approximate surface area is 141 Å². The normalized spacial score (nSPS) is 12.6. The molecule has 0 saturated heterocycles. The molecule has 0 amide bonds. The highest BCUT2D eigenvalue weighted by Gasteiger charge is 2.12. The summed E-state index contributed by atoms with van der Waals surface area (Å²) in [4.78, 5) is 19.1. The fourth-order valence-electron chi connectivity index (χ4n) is 1.98. The van der Waals surface area contributed by atoms with E-state index in [1.165, 1.54) is 12.1 Å². The van der Waals surface area contributed by atoms with E-state index in [0.717, 1.165) is 5.70 Å². The Bertz CT molecular complexity index is 856. The number of non-ortho nitro benzene ring substituents is 1. The van der Waals surface area contributed by atoms with E-state index in [9.17, 15) is 10.1 Å². The number of halogens is 1. The molecule has 0 spiro atoms. The lowest BCUT2D eigenvalue weighted by atomic mass is 10.2. The first kappa shape index (κ1) is 17.1. The first-order chi connectivity index (χ1) is 11.2. The van der Waals surface area contributed by atoms with Crippen LogP contribution in [-0.2, 0) is 0 Å². The van der Waals surface area contributed by atoms with Gasteiger partial charge in [0.25, 0.3) is 5.69 Å². The lowest BCUT2D eigenvalue weighted by molar-refractivity contribution is -0.384. The van der Waals surface area contributed by atoms with Gasteiger partial charge in [-0.1, -0.05) is 41.9 Å². The Morgan fingerprint density at radius 1 is 1.35 bits per heavy atom. The molecule has 0 bridgehead atoms. The van der Waals surface area contributed by atoms with Crippen LogP contribution in [-0.4, -0.2) is 15.2 Å². The van der Waals surface area contributed by atoms with Crippen molar-refractivity contribution in [1.82, 2.24) is 4.98 Å². The Morgan fingerprint density at radius 3 is 2.83 bits per heavy atom. The van der Waals surface area contributed by atoms with Crippen molar-refractivity contribution in [3.63, 3.8) is 0 Å². The topological polar surface area (TPSA) is 81.5 Å². The van der Waals surface area contributed by atoms with Gasteiger partial charge in [-0.3, -0.25) is 10.1 Å². The van der Waals surface area contributed by atoms with Crippen LogP contribution < -0.4 is 10.9 Å². The first-order valence-electron chi connectivity index (χ1n) is 7.23. The van der Waals surface area contributed by atoms with E-state index in [1.807, 2.05) is 26.0 Å². The van der Waals surface area contributed by atoms with Crippen LogP contribution in [0.25, 0.3) is 17.5 Å². The highest BCUT2D eigenvalue weighted by molar-refractivity contribution is 9.09. The van der Waals surface area contributed by atoms with E-state index in [4.69, 9.17) is 4.42 Å². The lowest BCUT2D eigenvalue weighted by Crippen LogP contribution is -2.21. The van der Waals surface area contributed by atoms with E-state index in [1.54, 1.807) is 12.1 Å². The van der Waals surface area contributed by atoms with Crippen LogP contribution in [0.4, 0.5) is 5.69 Å². The molecule has 120 valence electrons. The summed E-state index contributed by atoms with van der Waals surface area (Å²) in [6.07, 6.45) is 4.59. The summed E-state index contributed by atoms with van der Waals surface area (Å²) in [5.74, 6) is 0.333.